The minimum Gasteiger partial charge on any atom is -0.366 e. The molecule has 0 saturated heterocycles. The third-order valence-corrected chi connectivity index (χ3v) is 5.00. The first-order chi connectivity index (χ1) is 16.1. The molecule has 4 aromatic rings. The number of nitrogens with two attached hydrogens (primary N) is 2. The first-order valence-electron chi connectivity index (χ1n) is 9.70. The van der Waals surface area contributed by atoms with Gasteiger partial charge in [-0.25, -0.2) is 9.89 Å². The van der Waals surface area contributed by atoms with Gasteiger partial charge in [-0.15, -0.1) is 5.10 Å². The molecule has 0 bridgehead atoms. The first kappa shape index (κ1) is 22.5. The maximum Gasteiger partial charge on any atom is 0.416 e. The molecule has 1 heterocycles. The van der Waals surface area contributed by atoms with Crippen LogP contribution in [0.5, 0.6) is 0 Å². The number of alkyl halides is 3. The fraction of sp³-hybridized carbons (Fsp3) is 0.0455. The molecule has 0 radical (unpaired) electrons. The lowest BCUT2D eigenvalue weighted by atomic mass is 9.88. The molecule has 172 valence electrons. The van der Waals surface area contributed by atoms with Gasteiger partial charge in [-0.2, -0.15) is 13.2 Å². The van der Waals surface area contributed by atoms with Crippen molar-refractivity contribution in [1.29, 1.82) is 0 Å². The number of hydrogen-bond acceptors (Lipinski definition) is 5. The fourth-order valence-electron chi connectivity index (χ4n) is 3.56. The van der Waals surface area contributed by atoms with Crippen molar-refractivity contribution < 1.29 is 22.8 Å². The van der Waals surface area contributed by atoms with Crippen LogP contribution < -0.4 is 16.8 Å². The molecule has 0 spiro atoms. The zero-order valence-corrected chi connectivity index (χ0v) is 17.2. The summed E-state index contributed by atoms with van der Waals surface area (Å²) in [5, 5.41) is 16.0. The van der Waals surface area contributed by atoms with Gasteiger partial charge in [0.2, 0.25) is 5.91 Å². The highest BCUT2D eigenvalue weighted by Gasteiger charge is 2.31. The van der Waals surface area contributed by atoms with E-state index in [1.165, 1.54) is 30.3 Å². The Bertz CT molecular complexity index is 1370. The molecule has 3 amide bonds. The second-order valence-corrected chi connectivity index (χ2v) is 7.17. The van der Waals surface area contributed by atoms with Gasteiger partial charge in [0, 0.05) is 11.1 Å². The van der Waals surface area contributed by atoms with E-state index in [-0.39, 0.29) is 28.2 Å². The summed E-state index contributed by atoms with van der Waals surface area (Å²) >= 11 is 0. The van der Waals surface area contributed by atoms with E-state index in [0.717, 1.165) is 12.1 Å². The number of hydrogen-bond donors (Lipinski definition) is 4. The van der Waals surface area contributed by atoms with Crippen molar-refractivity contribution in [2.24, 2.45) is 11.5 Å². The molecular weight excluding hydrogens is 451 g/mol. The molecule has 0 saturated carbocycles. The minimum atomic E-state index is -4.59. The summed E-state index contributed by atoms with van der Waals surface area (Å²) < 4.78 is 40.5. The van der Waals surface area contributed by atoms with Crippen molar-refractivity contribution in [2.75, 3.05) is 5.32 Å². The molecule has 12 heteroatoms. The van der Waals surface area contributed by atoms with E-state index in [9.17, 15) is 22.8 Å². The third kappa shape index (κ3) is 4.41. The van der Waals surface area contributed by atoms with E-state index >= 15 is 0 Å². The van der Waals surface area contributed by atoms with Crippen LogP contribution in [0.15, 0.2) is 60.7 Å². The van der Waals surface area contributed by atoms with Crippen molar-refractivity contribution in [1.82, 2.24) is 20.6 Å². The average molecular weight is 467 g/mol. The number of H-pyrrole nitrogens is 1. The van der Waals surface area contributed by atoms with Gasteiger partial charge in [-0.05, 0) is 57.4 Å². The van der Waals surface area contributed by atoms with E-state index in [1.54, 1.807) is 18.2 Å². The largest absolute Gasteiger partial charge is 0.416 e. The molecule has 1 aromatic heterocycles. The summed E-state index contributed by atoms with van der Waals surface area (Å²) in [6.45, 7) is 0. The Hall–Kier alpha value is -4.74. The lowest BCUT2D eigenvalue weighted by Gasteiger charge is -2.19. The van der Waals surface area contributed by atoms with Crippen LogP contribution >= 0.6 is 0 Å². The van der Waals surface area contributed by atoms with Gasteiger partial charge >= 0.3 is 12.2 Å². The van der Waals surface area contributed by atoms with Crippen molar-refractivity contribution in [2.45, 2.75) is 6.18 Å². The Morgan fingerprint density at radius 1 is 0.912 bits per heavy atom. The predicted octanol–water partition coefficient (Wildman–Crippen LogP) is 3.81. The van der Waals surface area contributed by atoms with E-state index in [4.69, 9.17) is 11.5 Å². The minimum absolute atomic E-state index is 0.0896. The molecule has 0 aliphatic heterocycles. The van der Waals surface area contributed by atoms with Crippen LogP contribution in [0, 0.1) is 0 Å². The van der Waals surface area contributed by atoms with Gasteiger partial charge in [-0.3, -0.25) is 4.79 Å². The number of tetrazole rings is 1. The number of primary amides is 2. The number of aromatic nitrogens is 4. The number of nitrogens with one attached hydrogen (secondary N) is 2. The summed E-state index contributed by atoms with van der Waals surface area (Å²) in [5.74, 6) is -0.536. The Labute approximate surface area is 190 Å². The van der Waals surface area contributed by atoms with Crippen molar-refractivity contribution in [3.8, 4) is 33.6 Å². The summed E-state index contributed by atoms with van der Waals surface area (Å²) in [4.78, 5) is 23.1. The van der Waals surface area contributed by atoms with Crippen LogP contribution in [0.1, 0.15) is 15.9 Å². The zero-order valence-electron chi connectivity index (χ0n) is 17.2. The highest BCUT2D eigenvalue weighted by molar-refractivity contribution is 6.03. The smallest absolute Gasteiger partial charge is 0.366 e. The Morgan fingerprint density at radius 2 is 1.65 bits per heavy atom. The number of rotatable bonds is 5. The van der Waals surface area contributed by atoms with Crippen LogP contribution in [0.3, 0.4) is 0 Å². The topological polar surface area (TPSA) is 153 Å². The van der Waals surface area contributed by atoms with E-state index in [0.29, 0.717) is 16.7 Å². The highest BCUT2D eigenvalue weighted by atomic mass is 19.4. The number of carbonyl (C=O) groups excluding carboxylic acids is 2. The quantitative estimate of drug-likeness (QED) is 0.352. The lowest BCUT2D eigenvalue weighted by molar-refractivity contribution is -0.137. The number of urea groups is 1. The van der Waals surface area contributed by atoms with Crippen molar-refractivity contribution in [3.05, 3.63) is 71.8 Å². The second kappa shape index (κ2) is 8.65. The molecule has 0 aliphatic carbocycles. The van der Waals surface area contributed by atoms with Gasteiger partial charge in [-0.1, -0.05) is 30.3 Å². The summed E-state index contributed by atoms with van der Waals surface area (Å²) in [6.07, 6.45) is -4.59. The Kier molecular flexibility index (Phi) is 5.72. The predicted molar refractivity (Wildman–Crippen MR) is 117 cm³/mol. The molecule has 0 unspecified atom stereocenters. The number of aromatic amines is 1. The summed E-state index contributed by atoms with van der Waals surface area (Å²) in [6, 6.07) is 13.2. The molecule has 9 nitrogen and oxygen atoms in total. The van der Waals surface area contributed by atoms with Crippen molar-refractivity contribution >= 4 is 17.6 Å². The van der Waals surface area contributed by atoms with Gasteiger partial charge < -0.3 is 16.8 Å². The molecule has 4 rings (SSSR count). The van der Waals surface area contributed by atoms with E-state index < -0.39 is 23.7 Å². The monoisotopic (exact) mass is 467 g/mol. The van der Waals surface area contributed by atoms with Crippen molar-refractivity contribution in [3.63, 3.8) is 0 Å². The fourth-order valence-corrected chi connectivity index (χ4v) is 3.56. The molecule has 0 atom stereocenters. The highest BCUT2D eigenvalue weighted by Crippen LogP contribution is 2.44. The van der Waals surface area contributed by atoms with Crippen LogP contribution in [0.2, 0.25) is 0 Å². The molecule has 6 N–H and O–H groups in total. The number of carbonyl (C=O) groups is 2. The normalized spacial score (nSPS) is 11.3. The Morgan fingerprint density at radius 3 is 2.24 bits per heavy atom. The zero-order chi connectivity index (χ0) is 24.5. The summed E-state index contributed by atoms with van der Waals surface area (Å²) in [7, 11) is 0. The standard InChI is InChI=1S/C22H16F3N7O2/c23-22(24,25)14-3-1-2-13(10-14)17-15(11-4-6-12(7-5-11)19(26)33)8-9-16(28-21(27)34)18(17)20-29-31-32-30-20/h1-10H,(H2,26,33)(H3,27,28,34)(H,29,30,31,32). The van der Waals surface area contributed by atoms with Gasteiger partial charge in [0.1, 0.15) is 0 Å². The lowest BCUT2D eigenvalue weighted by Crippen LogP contribution is -2.20. The molecule has 0 aliphatic rings. The van der Waals surface area contributed by atoms with Gasteiger partial charge in [0.15, 0.2) is 5.82 Å². The second-order valence-electron chi connectivity index (χ2n) is 7.17. The third-order valence-electron chi connectivity index (χ3n) is 5.00. The number of amides is 3. The number of benzene rings is 3. The molecule has 34 heavy (non-hydrogen) atoms. The first-order valence-corrected chi connectivity index (χ1v) is 9.70. The average Bonchev–Trinajstić information content (AvgIpc) is 3.32. The maximum atomic E-state index is 13.5. The summed E-state index contributed by atoms with van der Waals surface area (Å²) in [5.41, 5.74) is 11.9. The SMILES string of the molecule is NC(=O)Nc1ccc(-c2ccc(C(N)=O)cc2)c(-c2cccc(C(F)(F)F)c2)c1-c1nnn[nH]1. The number of halogens is 3. The van der Waals surface area contributed by atoms with Crippen LogP contribution in [-0.4, -0.2) is 32.6 Å². The number of anilines is 1. The van der Waals surface area contributed by atoms with Crippen LogP contribution in [0.25, 0.3) is 33.6 Å². The van der Waals surface area contributed by atoms with Gasteiger partial charge in [0.25, 0.3) is 0 Å². The van der Waals surface area contributed by atoms with E-state index in [2.05, 4.69) is 25.9 Å². The maximum absolute atomic E-state index is 13.5. The Balaban J connectivity index is 2.06. The van der Waals surface area contributed by atoms with Crippen LogP contribution in [0.4, 0.5) is 23.7 Å². The van der Waals surface area contributed by atoms with E-state index in [1.807, 2.05) is 0 Å². The molecule has 3 aromatic carbocycles. The molecule has 0 fully saturated rings. The number of nitrogens with zero attached hydrogens (tertiary/aromatic N) is 3. The van der Waals surface area contributed by atoms with Crippen LogP contribution in [-0.2, 0) is 6.18 Å². The van der Waals surface area contributed by atoms with Gasteiger partial charge in [0.05, 0.1) is 16.8 Å². The molecular formula is C22H16F3N7O2.